The van der Waals surface area contributed by atoms with Crippen LogP contribution in [-0.2, 0) is 27.8 Å². The zero-order chi connectivity index (χ0) is 16.7. The number of sulfonamides is 1. The second kappa shape index (κ2) is 7.94. The van der Waals surface area contributed by atoms with Gasteiger partial charge in [-0.3, -0.25) is 4.79 Å². The summed E-state index contributed by atoms with van der Waals surface area (Å²) in [5.74, 6) is 0.627. The van der Waals surface area contributed by atoms with Crippen molar-refractivity contribution >= 4 is 15.9 Å². The normalized spacial score (nSPS) is 11.3. The molecule has 0 radical (unpaired) electrons. The third kappa shape index (κ3) is 5.22. The molecule has 0 unspecified atom stereocenters. The molecule has 1 heterocycles. The van der Waals surface area contributed by atoms with Crippen LogP contribution >= 0.6 is 0 Å². The fraction of sp³-hybridized carbons (Fsp3) is 0.312. The number of amides is 1. The number of hydrogen-bond acceptors (Lipinski definition) is 4. The van der Waals surface area contributed by atoms with Gasteiger partial charge in [-0.2, -0.15) is 0 Å². The second-order valence-corrected chi connectivity index (χ2v) is 6.77. The van der Waals surface area contributed by atoms with Gasteiger partial charge in [0.15, 0.2) is 0 Å². The number of nitrogens with one attached hydrogen (secondary N) is 2. The fourth-order valence-electron chi connectivity index (χ4n) is 2.05. The summed E-state index contributed by atoms with van der Waals surface area (Å²) in [5.41, 5.74) is 0.911. The molecule has 0 saturated carbocycles. The highest BCUT2D eigenvalue weighted by Gasteiger charge is 2.12. The first-order valence-corrected chi connectivity index (χ1v) is 8.87. The minimum absolute atomic E-state index is 0.0780. The summed E-state index contributed by atoms with van der Waals surface area (Å²) in [6.07, 6.45) is 2.44. The lowest BCUT2D eigenvalue weighted by Gasteiger charge is -2.06. The van der Waals surface area contributed by atoms with Crippen molar-refractivity contribution in [2.75, 3.05) is 6.54 Å². The van der Waals surface area contributed by atoms with E-state index in [1.807, 2.05) is 0 Å². The lowest BCUT2D eigenvalue weighted by Crippen LogP contribution is -2.23. The topological polar surface area (TPSA) is 88.4 Å². The Labute approximate surface area is 135 Å². The Kier molecular flexibility index (Phi) is 5.95. The lowest BCUT2D eigenvalue weighted by atomic mass is 10.1. The third-order valence-corrected chi connectivity index (χ3v) is 4.81. The van der Waals surface area contributed by atoms with Gasteiger partial charge in [-0.25, -0.2) is 13.1 Å². The number of hydrogen-bond donors (Lipinski definition) is 2. The molecule has 0 aliphatic rings. The molecule has 1 aromatic carbocycles. The molecular formula is C16H20N2O4S. The molecule has 2 N–H and O–H groups in total. The van der Waals surface area contributed by atoms with E-state index >= 15 is 0 Å². The molecule has 7 heteroatoms. The van der Waals surface area contributed by atoms with Gasteiger partial charge in [-0.15, -0.1) is 0 Å². The van der Waals surface area contributed by atoms with E-state index in [0.29, 0.717) is 31.7 Å². The number of carbonyl (C=O) groups is 1. The van der Waals surface area contributed by atoms with Crippen LogP contribution in [0.1, 0.15) is 24.7 Å². The average Bonchev–Trinajstić information content (AvgIpc) is 3.05. The molecule has 0 aliphatic carbocycles. The number of rotatable bonds is 8. The van der Waals surface area contributed by atoms with Crippen molar-refractivity contribution < 1.29 is 17.6 Å². The molecule has 1 aromatic heterocycles. The molecular weight excluding hydrogens is 316 g/mol. The molecule has 0 atom stereocenters. The monoisotopic (exact) mass is 336 g/mol. The zero-order valence-corrected chi connectivity index (χ0v) is 13.7. The van der Waals surface area contributed by atoms with Gasteiger partial charge in [0.2, 0.25) is 15.9 Å². The fourth-order valence-corrected chi connectivity index (χ4v) is 3.09. The van der Waals surface area contributed by atoms with E-state index in [9.17, 15) is 13.2 Å². The van der Waals surface area contributed by atoms with Crippen LogP contribution in [0.2, 0.25) is 0 Å². The van der Waals surface area contributed by atoms with E-state index in [1.165, 1.54) is 0 Å². The Balaban J connectivity index is 1.83. The van der Waals surface area contributed by atoms with Gasteiger partial charge in [-0.1, -0.05) is 19.1 Å². The van der Waals surface area contributed by atoms with Crippen molar-refractivity contribution in [1.29, 1.82) is 0 Å². The van der Waals surface area contributed by atoms with Crippen molar-refractivity contribution in [3.63, 3.8) is 0 Å². The van der Waals surface area contributed by atoms with Crippen LogP contribution in [0.5, 0.6) is 0 Å². The van der Waals surface area contributed by atoms with Crippen molar-refractivity contribution in [2.24, 2.45) is 0 Å². The van der Waals surface area contributed by atoms with Crippen molar-refractivity contribution in [2.45, 2.75) is 31.2 Å². The first-order chi connectivity index (χ1) is 11.0. The predicted octanol–water partition coefficient (Wildman–Crippen LogP) is 1.83. The van der Waals surface area contributed by atoms with Gasteiger partial charge in [0.05, 0.1) is 17.7 Å². The van der Waals surface area contributed by atoms with Crippen molar-refractivity contribution in [3.8, 4) is 0 Å². The Hall–Kier alpha value is -2.12. The molecule has 1 amide bonds. The Bertz CT molecular complexity index is 722. The zero-order valence-electron chi connectivity index (χ0n) is 12.9. The summed E-state index contributed by atoms with van der Waals surface area (Å²) in [6.45, 7) is 2.44. The molecule has 0 aliphatic heterocycles. The van der Waals surface area contributed by atoms with E-state index in [0.717, 1.165) is 5.56 Å². The SMILES string of the molecule is CCNS(=O)(=O)c1ccc(CCC(=O)NCc2ccco2)cc1. The van der Waals surface area contributed by atoms with Gasteiger partial charge >= 0.3 is 0 Å². The second-order valence-electron chi connectivity index (χ2n) is 5.00. The largest absolute Gasteiger partial charge is 0.467 e. The van der Waals surface area contributed by atoms with Crippen LogP contribution in [0.4, 0.5) is 0 Å². The first kappa shape index (κ1) is 17.2. The molecule has 23 heavy (non-hydrogen) atoms. The molecule has 2 aromatic rings. The van der Waals surface area contributed by atoms with Crippen LogP contribution in [-0.4, -0.2) is 20.9 Å². The molecule has 0 bridgehead atoms. The summed E-state index contributed by atoms with van der Waals surface area (Å²) in [5, 5.41) is 2.77. The Morgan fingerprint density at radius 2 is 1.91 bits per heavy atom. The highest BCUT2D eigenvalue weighted by Crippen LogP contribution is 2.11. The summed E-state index contributed by atoms with van der Waals surface area (Å²) in [6, 6.07) is 10.1. The molecule has 0 saturated heterocycles. The van der Waals surface area contributed by atoms with Gasteiger partial charge in [-0.05, 0) is 36.2 Å². The van der Waals surface area contributed by atoms with Crippen LogP contribution in [0, 0.1) is 0 Å². The van der Waals surface area contributed by atoms with E-state index in [1.54, 1.807) is 49.6 Å². The van der Waals surface area contributed by atoms with Crippen LogP contribution in [0.25, 0.3) is 0 Å². The van der Waals surface area contributed by atoms with E-state index < -0.39 is 10.0 Å². The Morgan fingerprint density at radius 1 is 1.17 bits per heavy atom. The summed E-state index contributed by atoms with van der Waals surface area (Å²) in [7, 11) is -3.43. The quantitative estimate of drug-likeness (QED) is 0.770. The maximum absolute atomic E-state index is 11.8. The van der Waals surface area contributed by atoms with Gasteiger partial charge in [0.1, 0.15) is 5.76 Å². The average molecular weight is 336 g/mol. The third-order valence-electron chi connectivity index (χ3n) is 3.25. The van der Waals surface area contributed by atoms with E-state index in [-0.39, 0.29) is 10.8 Å². The summed E-state index contributed by atoms with van der Waals surface area (Å²) < 4.78 is 31.2. The standard InChI is InChI=1S/C16H20N2O4S/c1-2-18-23(20,21)15-8-5-13(6-9-15)7-10-16(19)17-12-14-4-3-11-22-14/h3-6,8-9,11,18H,2,7,10,12H2,1H3,(H,17,19). The lowest BCUT2D eigenvalue weighted by molar-refractivity contribution is -0.121. The summed E-state index contributed by atoms with van der Waals surface area (Å²) in [4.78, 5) is 12.0. The number of aryl methyl sites for hydroxylation is 1. The maximum Gasteiger partial charge on any atom is 0.240 e. The van der Waals surface area contributed by atoms with Crippen molar-refractivity contribution in [3.05, 3.63) is 54.0 Å². The minimum Gasteiger partial charge on any atom is -0.467 e. The molecule has 2 rings (SSSR count). The smallest absolute Gasteiger partial charge is 0.240 e. The summed E-state index contributed by atoms with van der Waals surface area (Å²) >= 11 is 0. The molecule has 0 spiro atoms. The molecule has 6 nitrogen and oxygen atoms in total. The minimum atomic E-state index is -3.43. The van der Waals surface area contributed by atoms with Gasteiger partial charge in [0, 0.05) is 13.0 Å². The van der Waals surface area contributed by atoms with E-state index in [2.05, 4.69) is 10.0 Å². The van der Waals surface area contributed by atoms with Gasteiger partial charge in [0.25, 0.3) is 0 Å². The van der Waals surface area contributed by atoms with E-state index in [4.69, 9.17) is 4.42 Å². The molecule has 124 valence electrons. The highest BCUT2D eigenvalue weighted by molar-refractivity contribution is 7.89. The van der Waals surface area contributed by atoms with Crippen LogP contribution in [0.3, 0.4) is 0 Å². The van der Waals surface area contributed by atoms with Gasteiger partial charge < -0.3 is 9.73 Å². The maximum atomic E-state index is 11.8. The number of carbonyl (C=O) groups excluding carboxylic acids is 1. The predicted molar refractivity (Wildman–Crippen MR) is 86.2 cm³/mol. The first-order valence-electron chi connectivity index (χ1n) is 7.39. The van der Waals surface area contributed by atoms with Crippen LogP contribution in [0.15, 0.2) is 52.0 Å². The highest BCUT2D eigenvalue weighted by atomic mass is 32.2. The van der Waals surface area contributed by atoms with Crippen molar-refractivity contribution in [1.82, 2.24) is 10.0 Å². The Morgan fingerprint density at radius 3 is 2.52 bits per heavy atom. The van der Waals surface area contributed by atoms with Crippen LogP contribution < -0.4 is 10.0 Å². The molecule has 0 fully saturated rings. The number of benzene rings is 1. The number of furan rings is 1.